The SMILES string of the molecule is COC(=O)CCC(=O)C(=O)OC.COCCOC(=O)C(=O)CCC(C)=O.OCCO. The van der Waals surface area contributed by atoms with Crippen molar-refractivity contribution in [3.63, 3.8) is 0 Å². The number of ketones is 3. The standard InChI is InChI=1S/C9H14O5.C7H10O5.C2H6O2/c1-7(10)3-4-8(11)9(12)14-6-5-13-2;1-11-6(9)4-3-5(8)7(10)12-2;3-1-2-4/h3-6H2,1-2H3;3-4H2,1-2H3;3-4H,1-2H2. The third-order valence-electron chi connectivity index (χ3n) is 2.75. The zero-order valence-corrected chi connectivity index (χ0v) is 17.6. The Labute approximate surface area is 174 Å². The average Bonchev–Trinajstić information content (AvgIpc) is 2.75. The highest BCUT2D eigenvalue weighted by atomic mass is 16.6. The van der Waals surface area contributed by atoms with Crippen LogP contribution < -0.4 is 0 Å². The Bertz CT molecular complexity index is 539. The Morgan fingerprint density at radius 2 is 1.17 bits per heavy atom. The minimum atomic E-state index is -0.932. The Kier molecular flexibility index (Phi) is 24.1. The van der Waals surface area contributed by atoms with E-state index in [1.54, 1.807) is 0 Å². The lowest BCUT2D eigenvalue weighted by molar-refractivity contribution is -0.154. The molecule has 0 amide bonds. The van der Waals surface area contributed by atoms with Gasteiger partial charge in [-0.3, -0.25) is 14.4 Å². The molecule has 0 bridgehead atoms. The summed E-state index contributed by atoms with van der Waals surface area (Å²) in [5.74, 6) is -3.86. The number of Topliss-reactive ketones (excluding diaryl/α,β-unsaturated/α-hetero) is 3. The van der Waals surface area contributed by atoms with E-state index in [1.165, 1.54) is 21.1 Å². The predicted molar refractivity (Wildman–Crippen MR) is 100 cm³/mol. The number of aliphatic hydroxyl groups excluding tert-OH is 2. The topological polar surface area (TPSA) is 180 Å². The van der Waals surface area contributed by atoms with Gasteiger partial charge in [0.25, 0.3) is 0 Å². The van der Waals surface area contributed by atoms with E-state index in [1.807, 2.05) is 0 Å². The molecule has 0 aromatic carbocycles. The summed E-state index contributed by atoms with van der Waals surface area (Å²) in [4.78, 5) is 64.1. The molecule has 2 N–H and O–H groups in total. The van der Waals surface area contributed by atoms with Crippen molar-refractivity contribution in [3.05, 3.63) is 0 Å². The summed E-state index contributed by atoms with van der Waals surface area (Å²) in [7, 11) is 3.79. The van der Waals surface area contributed by atoms with Gasteiger partial charge in [-0.05, 0) is 6.92 Å². The van der Waals surface area contributed by atoms with Gasteiger partial charge in [-0.2, -0.15) is 0 Å². The molecule has 0 aliphatic carbocycles. The smallest absolute Gasteiger partial charge is 0.374 e. The lowest BCUT2D eigenvalue weighted by Gasteiger charge is -2.01. The molecule has 12 heteroatoms. The average molecular weight is 438 g/mol. The molecule has 0 unspecified atom stereocenters. The Morgan fingerprint density at radius 3 is 1.57 bits per heavy atom. The molecule has 0 rings (SSSR count). The van der Waals surface area contributed by atoms with Gasteiger partial charge in [0.1, 0.15) is 12.4 Å². The zero-order chi connectivity index (χ0) is 23.9. The zero-order valence-electron chi connectivity index (χ0n) is 17.6. The maximum absolute atomic E-state index is 11.0. The number of carbonyl (C=O) groups is 6. The number of esters is 3. The van der Waals surface area contributed by atoms with Crippen LogP contribution in [-0.4, -0.2) is 93.2 Å². The van der Waals surface area contributed by atoms with Crippen LogP contribution >= 0.6 is 0 Å². The third kappa shape index (κ3) is 23.3. The fraction of sp³-hybridized carbons (Fsp3) is 0.667. The fourth-order valence-electron chi connectivity index (χ4n) is 1.22. The Morgan fingerprint density at radius 1 is 0.667 bits per heavy atom. The van der Waals surface area contributed by atoms with Crippen LogP contribution in [-0.2, 0) is 47.7 Å². The van der Waals surface area contributed by atoms with Crippen molar-refractivity contribution >= 4 is 35.3 Å². The van der Waals surface area contributed by atoms with Gasteiger partial charge < -0.3 is 34.0 Å². The first kappa shape index (κ1) is 32.0. The number of carbonyl (C=O) groups excluding carboxylic acids is 6. The van der Waals surface area contributed by atoms with Crippen LogP contribution in [0.5, 0.6) is 0 Å². The highest BCUT2D eigenvalue weighted by Gasteiger charge is 2.16. The second-order valence-corrected chi connectivity index (χ2v) is 5.19. The lowest BCUT2D eigenvalue weighted by atomic mass is 10.2. The molecule has 0 heterocycles. The van der Waals surface area contributed by atoms with Gasteiger partial charge in [0.2, 0.25) is 11.6 Å². The van der Waals surface area contributed by atoms with Gasteiger partial charge in [-0.1, -0.05) is 0 Å². The summed E-state index contributed by atoms with van der Waals surface area (Å²) in [6, 6.07) is 0. The van der Waals surface area contributed by atoms with Crippen molar-refractivity contribution in [1.82, 2.24) is 0 Å². The summed E-state index contributed by atoms with van der Waals surface area (Å²) in [5.41, 5.74) is 0. The van der Waals surface area contributed by atoms with Crippen molar-refractivity contribution in [3.8, 4) is 0 Å². The largest absolute Gasteiger partial charge is 0.469 e. The van der Waals surface area contributed by atoms with Crippen molar-refractivity contribution in [2.24, 2.45) is 0 Å². The lowest BCUT2D eigenvalue weighted by Crippen LogP contribution is -2.19. The molecule has 0 aliphatic heterocycles. The maximum Gasteiger partial charge on any atom is 0.374 e. The van der Waals surface area contributed by atoms with Gasteiger partial charge in [0.05, 0.1) is 40.5 Å². The van der Waals surface area contributed by atoms with E-state index in [4.69, 9.17) is 10.2 Å². The summed E-state index contributed by atoms with van der Waals surface area (Å²) in [6.07, 6.45) is -0.261. The summed E-state index contributed by atoms with van der Waals surface area (Å²) >= 11 is 0. The molecule has 0 aliphatic rings. The van der Waals surface area contributed by atoms with Gasteiger partial charge in [0, 0.05) is 26.4 Å². The summed E-state index contributed by atoms with van der Waals surface area (Å²) in [6.45, 7) is 1.43. The van der Waals surface area contributed by atoms with Gasteiger partial charge >= 0.3 is 17.9 Å². The van der Waals surface area contributed by atoms with Crippen molar-refractivity contribution in [2.75, 3.05) is 47.8 Å². The van der Waals surface area contributed by atoms with Crippen LogP contribution in [0.4, 0.5) is 0 Å². The number of methoxy groups -OCH3 is 3. The molecule has 12 nitrogen and oxygen atoms in total. The minimum Gasteiger partial charge on any atom is -0.469 e. The highest BCUT2D eigenvalue weighted by Crippen LogP contribution is 1.95. The third-order valence-corrected chi connectivity index (χ3v) is 2.75. The van der Waals surface area contributed by atoms with Crippen molar-refractivity contribution < 1.29 is 57.9 Å². The number of hydrogen-bond acceptors (Lipinski definition) is 12. The van der Waals surface area contributed by atoms with E-state index in [9.17, 15) is 28.8 Å². The molecule has 174 valence electrons. The monoisotopic (exact) mass is 438 g/mol. The highest BCUT2D eigenvalue weighted by molar-refractivity contribution is 6.34. The van der Waals surface area contributed by atoms with E-state index in [0.717, 1.165) is 7.11 Å². The van der Waals surface area contributed by atoms with Crippen molar-refractivity contribution in [2.45, 2.75) is 32.6 Å². The van der Waals surface area contributed by atoms with E-state index < -0.39 is 29.5 Å². The van der Waals surface area contributed by atoms with E-state index in [2.05, 4.69) is 18.9 Å². The van der Waals surface area contributed by atoms with Crippen LogP contribution in [0.25, 0.3) is 0 Å². The predicted octanol–water partition coefficient (Wildman–Crippen LogP) is -1.23. The van der Waals surface area contributed by atoms with Crippen LogP contribution in [0.3, 0.4) is 0 Å². The van der Waals surface area contributed by atoms with Gasteiger partial charge in [-0.15, -0.1) is 0 Å². The van der Waals surface area contributed by atoms with Crippen LogP contribution in [0.15, 0.2) is 0 Å². The van der Waals surface area contributed by atoms with Crippen molar-refractivity contribution in [1.29, 1.82) is 0 Å². The molecular weight excluding hydrogens is 408 g/mol. The first-order chi connectivity index (χ1) is 14.1. The first-order valence-electron chi connectivity index (χ1n) is 8.69. The van der Waals surface area contributed by atoms with E-state index in [0.29, 0.717) is 0 Å². The first-order valence-corrected chi connectivity index (χ1v) is 8.69. The Hall–Kier alpha value is -2.70. The number of aliphatic hydroxyl groups is 2. The molecule has 30 heavy (non-hydrogen) atoms. The molecule has 0 saturated carbocycles. The second kappa shape index (κ2) is 22.6. The molecule has 0 spiro atoms. The normalized spacial score (nSPS) is 9.00. The molecular formula is C18H30O12. The molecule has 0 aromatic heterocycles. The molecule has 0 radical (unpaired) electrons. The van der Waals surface area contributed by atoms with E-state index in [-0.39, 0.29) is 57.9 Å². The molecule has 0 aromatic rings. The Balaban J connectivity index is -0.000000416. The number of ether oxygens (including phenoxy) is 4. The number of hydrogen-bond donors (Lipinski definition) is 2. The van der Waals surface area contributed by atoms with Gasteiger partial charge in [0.15, 0.2) is 0 Å². The summed E-state index contributed by atoms with van der Waals surface area (Å²) < 4.78 is 17.6. The quantitative estimate of drug-likeness (QED) is 0.160. The summed E-state index contributed by atoms with van der Waals surface area (Å²) in [5, 5.41) is 15.2. The molecule has 0 saturated heterocycles. The molecule has 0 fully saturated rings. The fourth-order valence-corrected chi connectivity index (χ4v) is 1.22. The van der Waals surface area contributed by atoms with Crippen LogP contribution in [0.1, 0.15) is 32.6 Å². The number of rotatable bonds is 12. The van der Waals surface area contributed by atoms with Gasteiger partial charge in [-0.25, -0.2) is 9.59 Å². The molecule has 0 atom stereocenters. The second-order valence-electron chi connectivity index (χ2n) is 5.19. The van der Waals surface area contributed by atoms with Crippen LogP contribution in [0, 0.1) is 0 Å². The van der Waals surface area contributed by atoms with E-state index >= 15 is 0 Å². The minimum absolute atomic E-state index is 0.0567. The van der Waals surface area contributed by atoms with Crippen LogP contribution in [0.2, 0.25) is 0 Å². The maximum atomic E-state index is 11.0.